The summed E-state index contributed by atoms with van der Waals surface area (Å²) < 4.78 is 0. The molecule has 2 aromatic carbocycles. The van der Waals surface area contributed by atoms with Gasteiger partial charge in [0.15, 0.2) is 0 Å². The van der Waals surface area contributed by atoms with Crippen molar-refractivity contribution in [2.75, 3.05) is 0 Å². The van der Waals surface area contributed by atoms with Crippen LogP contribution < -0.4 is 0 Å². The predicted octanol–water partition coefficient (Wildman–Crippen LogP) is 5.26. The highest BCUT2D eigenvalue weighted by molar-refractivity contribution is 5.50. The Kier molecular flexibility index (Phi) is 4.24. The van der Waals surface area contributed by atoms with Gasteiger partial charge in [-0.25, -0.2) is 0 Å². The van der Waals surface area contributed by atoms with Crippen molar-refractivity contribution in [3.63, 3.8) is 0 Å². The van der Waals surface area contributed by atoms with E-state index >= 15 is 0 Å². The van der Waals surface area contributed by atoms with Crippen LogP contribution >= 0.6 is 0 Å². The van der Waals surface area contributed by atoms with Crippen molar-refractivity contribution in [3.8, 4) is 0 Å². The largest absolute Gasteiger partial charge is 0.178 e. The minimum Gasteiger partial charge on any atom is -0.178 e. The van der Waals surface area contributed by atoms with E-state index < -0.39 is 0 Å². The van der Waals surface area contributed by atoms with Crippen LogP contribution in [-0.4, -0.2) is 5.54 Å². The Hall–Kier alpha value is -2.22. The molecule has 2 aromatic rings. The molecule has 0 aliphatic rings. The van der Waals surface area contributed by atoms with Crippen molar-refractivity contribution in [2.24, 2.45) is 10.2 Å². The molecule has 0 fully saturated rings. The summed E-state index contributed by atoms with van der Waals surface area (Å²) in [5.41, 5.74) is 1.74. The molecule has 0 aliphatic heterocycles. The first-order valence-corrected chi connectivity index (χ1v) is 6.38. The van der Waals surface area contributed by atoms with Gasteiger partial charge in [0.1, 0.15) is 0 Å². The summed E-state index contributed by atoms with van der Waals surface area (Å²) in [6.07, 6.45) is 4.14. The number of hydrogen-bond acceptors (Lipinski definition) is 2. The summed E-state index contributed by atoms with van der Waals surface area (Å²) >= 11 is 0. The normalized spacial score (nSPS) is 12.3. The summed E-state index contributed by atoms with van der Waals surface area (Å²) in [7, 11) is 0. The minimum absolute atomic E-state index is 0.314. The number of benzene rings is 2. The minimum atomic E-state index is -0.314. The Bertz CT molecular complexity index is 503. The molecule has 0 atom stereocenters. The molecule has 2 nitrogen and oxygen atoms in total. The molecule has 0 amide bonds. The maximum atomic E-state index is 4.38. The third-order valence-electron chi connectivity index (χ3n) is 2.66. The summed E-state index contributed by atoms with van der Waals surface area (Å²) in [5, 5.41) is 8.64. The quantitative estimate of drug-likeness (QED) is 0.661. The van der Waals surface area contributed by atoms with E-state index in [1.54, 1.807) is 0 Å². The van der Waals surface area contributed by atoms with Gasteiger partial charge in [0.2, 0.25) is 0 Å². The van der Waals surface area contributed by atoms with E-state index in [0.717, 1.165) is 5.69 Å². The van der Waals surface area contributed by atoms with Crippen LogP contribution in [0.4, 0.5) is 5.69 Å². The van der Waals surface area contributed by atoms with Gasteiger partial charge < -0.3 is 0 Å². The first kappa shape index (κ1) is 13.2. The third kappa shape index (κ3) is 4.51. The molecule has 2 heteroatoms. The molecule has 0 saturated heterocycles. The molecular formula is C17H18N2. The lowest BCUT2D eigenvalue weighted by molar-refractivity contribution is 0.622. The SMILES string of the molecule is CC(C)(/C=C/c1ccccc1)N=Nc1ccccc1. The average molecular weight is 250 g/mol. The Morgan fingerprint density at radius 3 is 2.05 bits per heavy atom. The summed E-state index contributed by atoms with van der Waals surface area (Å²) in [6, 6.07) is 20.0. The second-order valence-corrected chi connectivity index (χ2v) is 4.93. The third-order valence-corrected chi connectivity index (χ3v) is 2.66. The van der Waals surface area contributed by atoms with E-state index in [0.29, 0.717) is 0 Å². The Labute approximate surface area is 114 Å². The zero-order chi connectivity index (χ0) is 13.6. The molecule has 0 spiro atoms. The van der Waals surface area contributed by atoms with Gasteiger partial charge in [0.05, 0.1) is 11.2 Å². The van der Waals surface area contributed by atoms with Crippen LogP contribution in [0.3, 0.4) is 0 Å². The number of hydrogen-bond donors (Lipinski definition) is 0. The summed E-state index contributed by atoms with van der Waals surface area (Å²) in [6.45, 7) is 4.08. The van der Waals surface area contributed by atoms with Gasteiger partial charge in [-0.3, -0.25) is 0 Å². The first-order chi connectivity index (χ1) is 9.16. The molecule has 0 saturated carbocycles. The lowest BCUT2D eigenvalue weighted by Crippen LogP contribution is -2.10. The number of nitrogens with zero attached hydrogens (tertiary/aromatic N) is 2. The van der Waals surface area contributed by atoms with Crippen LogP contribution in [0.15, 0.2) is 77.0 Å². The van der Waals surface area contributed by atoms with Gasteiger partial charge in [0.25, 0.3) is 0 Å². The lowest BCUT2D eigenvalue weighted by atomic mass is 10.0. The van der Waals surface area contributed by atoms with Gasteiger partial charge in [-0.15, -0.1) is 0 Å². The van der Waals surface area contributed by atoms with Crippen molar-refractivity contribution in [1.82, 2.24) is 0 Å². The van der Waals surface area contributed by atoms with Crippen molar-refractivity contribution in [2.45, 2.75) is 19.4 Å². The molecule has 0 N–H and O–H groups in total. The second-order valence-electron chi connectivity index (χ2n) is 4.93. The van der Waals surface area contributed by atoms with Gasteiger partial charge in [-0.05, 0) is 31.5 Å². The monoisotopic (exact) mass is 250 g/mol. The fraction of sp³-hybridized carbons (Fsp3) is 0.176. The van der Waals surface area contributed by atoms with E-state index in [2.05, 4.69) is 34.5 Å². The average Bonchev–Trinajstić information content (AvgIpc) is 2.46. The van der Waals surface area contributed by atoms with Crippen LogP contribution in [0.25, 0.3) is 6.08 Å². The van der Waals surface area contributed by atoms with Crippen molar-refractivity contribution in [3.05, 3.63) is 72.3 Å². The fourth-order valence-electron chi connectivity index (χ4n) is 1.58. The highest BCUT2D eigenvalue weighted by atomic mass is 15.1. The van der Waals surface area contributed by atoms with E-state index in [9.17, 15) is 0 Å². The molecule has 0 bridgehead atoms. The molecular weight excluding hydrogens is 232 g/mol. The number of rotatable bonds is 4. The molecule has 0 unspecified atom stereocenters. The second kappa shape index (κ2) is 6.10. The molecule has 19 heavy (non-hydrogen) atoms. The fourth-order valence-corrected chi connectivity index (χ4v) is 1.58. The Morgan fingerprint density at radius 2 is 1.42 bits per heavy atom. The topological polar surface area (TPSA) is 24.7 Å². The van der Waals surface area contributed by atoms with Crippen LogP contribution in [0.1, 0.15) is 19.4 Å². The smallest absolute Gasteiger partial charge is 0.0947 e. The summed E-state index contributed by atoms with van der Waals surface area (Å²) in [4.78, 5) is 0. The molecule has 0 radical (unpaired) electrons. The van der Waals surface area contributed by atoms with E-state index in [1.165, 1.54) is 5.56 Å². The first-order valence-electron chi connectivity index (χ1n) is 6.38. The molecule has 96 valence electrons. The summed E-state index contributed by atoms with van der Waals surface area (Å²) in [5.74, 6) is 0. The maximum Gasteiger partial charge on any atom is 0.0947 e. The van der Waals surface area contributed by atoms with Crippen molar-refractivity contribution < 1.29 is 0 Å². The van der Waals surface area contributed by atoms with E-state index in [-0.39, 0.29) is 5.54 Å². The highest BCUT2D eigenvalue weighted by Crippen LogP contribution is 2.18. The zero-order valence-corrected chi connectivity index (χ0v) is 11.3. The van der Waals surface area contributed by atoms with Crippen LogP contribution in [0.2, 0.25) is 0 Å². The molecule has 0 aliphatic carbocycles. The van der Waals surface area contributed by atoms with Crippen LogP contribution in [0, 0.1) is 0 Å². The van der Waals surface area contributed by atoms with E-state index in [1.807, 2.05) is 62.4 Å². The van der Waals surface area contributed by atoms with E-state index in [4.69, 9.17) is 0 Å². The van der Waals surface area contributed by atoms with Crippen molar-refractivity contribution >= 4 is 11.8 Å². The molecule has 0 aromatic heterocycles. The van der Waals surface area contributed by atoms with Gasteiger partial charge in [0, 0.05) is 0 Å². The lowest BCUT2D eigenvalue weighted by Gasteiger charge is -2.12. The molecule has 2 rings (SSSR count). The van der Waals surface area contributed by atoms with Crippen LogP contribution in [0.5, 0.6) is 0 Å². The standard InChI is InChI=1S/C17H18N2/c1-17(2,14-13-15-9-5-3-6-10-15)19-18-16-11-7-4-8-12-16/h3-14H,1-2H3/b14-13+,19-18?. The Morgan fingerprint density at radius 1 is 0.842 bits per heavy atom. The van der Waals surface area contributed by atoms with Crippen molar-refractivity contribution in [1.29, 1.82) is 0 Å². The number of azo groups is 1. The molecule has 0 heterocycles. The maximum absolute atomic E-state index is 4.38. The Balaban J connectivity index is 2.06. The van der Waals surface area contributed by atoms with Gasteiger partial charge >= 0.3 is 0 Å². The zero-order valence-electron chi connectivity index (χ0n) is 11.3. The predicted molar refractivity (Wildman–Crippen MR) is 80.5 cm³/mol. The van der Waals surface area contributed by atoms with Gasteiger partial charge in [-0.2, -0.15) is 10.2 Å². The van der Waals surface area contributed by atoms with Crippen LogP contribution in [-0.2, 0) is 0 Å². The van der Waals surface area contributed by atoms with Gasteiger partial charge in [-0.1, -0.05) is 60.7 Å². The highest BCUT2D eigenvalue weighted by Gasteiger charge is 2.11.